The smallest absolute Gasteiger partial charge is 0.409 e. The van der Waals surface area contributed by atoms with E-state index in [4.69, 9.17) is 9.47 Å². The van der Waals surface area contributed by atoms with E-state index in [2.05, 4.69) is 20.8 Å². The molecule has 1 saturated heterocycles. The minimum absolute atomic E-state index is 0.245. The second-order valence-corrected chi connectivity index (χ2v) is 6.32. The lowest BCUT2D eigenvalue weighted by atomic mass is 10.2. The van der Waals surface area contributed by atoms with Gasteiger partial charge in [-0.15, -0.1) is 0 Å². The number of carbonyl (C=O) groups is 1. The topological polar surface area (TPSA) is 62.2 Å². The minimum atomic E-state index is -0.567. The van der Waals surface area contributed by atoms with Crippen molar-refractivity contribution in [3.63, 3.8) is 0 Å². The van der Waals surface area contributed by atoms with Gasteiger partial charge in [0.05, 0.1) is 6.61 Å². The molecule has 0 bridgehead atoms. The Morgan fingerprint density at radius 3 is 2.74 bits per heavy atom. The maximum absolute atomic E-state index is 11.6. The first-order valence-electron chi connectivity index (χ1n) is 7.79. The number of aliphatic hydroxyl groups excluding tert-OH is 1. The van der Waals surface area contributed by atoms with Crippen LogP contribution in [0.3, 0.4) is 0 Å². The summed E-state index contributed by atoms with van der Waals surface area (Å²) in [7, 11) is 0. The van der Waals surface area contributed by atoms with Crippen LogP contribution < -0.4 is 4.74 Å². The number of hydrogen-bond acceptors (Lipinski definition) is 5. The number of benzene rings is 1. The average Bonchev–Trinajstić information content (AvgIpc) is 2.54. The van der Waals surface area contributed by atoms with Crippen LogP contribution in [0.4, 0.5) is 4.79 Å². The molecule has 1 aromatic rings. The van der Waals surface area contributed by atoms with Crippen LogP contribution in [0.1, 0.15) is 6.92 Å². The molecule has 1 unspecified atom stereocenters. The summed E-state index contributed by atoms with van der Waals surface area (Å²) in [5.74, 6) is 0.727. The molecule has 0 aromatic heterocycles. The Morgan fingerprint density at radius 2 is 2.09 bits per heavy atom. The van der Waals surface area contributed by atoms with Crippen LogP contribution in [0, 0.1) is 0 Å². The van der Waals surface area contributed by atoms with Crippen molar-refractivity contribution in [3.8, 4) is 5.75 Å². The lowest BCUT2D eigenvalue weighted by molar-refractivity contribution is 0.0407. The molecule has 0 saturated carbocycles. The van der Waals surface area contributed by atoms with Crippen LogP contribution in [-0.4, -0.2) is 73.0 Å². The molecule has 1 N–H and O–H groups in total. The lowest BCUT2D eigenvalue weighted by Gasteiger charge is -2.34. The molecule has 0 aliphatic carbocycles. The molecule has 1 amide bonds. The normalized spacial score (nSPS) is 16.9. The number of β-amino-alcohol motifs (C(OH)–C–C–N with tert-alkyl or cyclic N) is 1. The third-order valence-electron chi connectivity index (χ3n) is 3.61. The number of amides is 1. The van der Waals surface area contributed by atoms with Gasteiger partial charge in [0.25, 0.3) is 0 Å². The van der Waals surface area contributed by atoms with Crippen LogP contribution in [0.25, 0.3) is 0 Å². The van der Waals surface area contributed by atoms with E-state index in [0.717, 1.165) is 23.3 Å². The molecule has 1 aliphatic heterocycles. The summed E-state index contributed by atoms with van der Waals surface area (Å²) in [5, 5.41) is 10.1. The molecule has 1 aromatic carbocycles. The van der Waals surface area contributed by atoms with Gasteiger partial charge in [-0.3, -0.25) is 4.90 Å². The summed E-state index contributed by atoms with van der Waals surface area (Å²) < 4.78 is 11.5. The quantitative estimate of drug-likeness (QED) is 0.809. The van der Waals surface area contributed by atoms with E-state index in [1.165, 1.54) is 0 Å². The van der Waals surface area contributed by atoms with E-state index in [1.54, 1.807) is 11.8 Å². The molecule has 1 atom stereocenters. The zero-order valence-electron chi connectivity index (χ0n) is 13.3. The molecule has 2 rings (SSSR count). The number of aliphatic hydroxyl groups is 1. The van der Waals surface area contributed by atoms with E-state index in [-0.39, 0.29) is 12.7 Å². The predicted octanol–water partition coefficient (Wildman–Crippen LogP) is 1.96. The maximum Gasteiger partial charge on any atom is 0.409 e. The van der Waals surface area contributed by atoms with Crippen molar-refractivity contribution in [3.05, 3.63) is 28.7 Å². The summed E-state index contributed by atoms with van der Waals surface area (Å²) in [6.45, 7) is 5.68. The molecule has 0 radical (unpaired) electrons. The summed E-state index contributed by atoms with van der Waals surface area (Å²) in [4.78, 5) is 15.5. The predicted molar refractivity (Wildman–Crippen MR) is 90.7 cm³/mol. The fraction of sp³-hybridized carbons (Fsp3) is 0.562. The highest BCUT2D eigenvalue weighted by Crippen LogP contribution is 2.18. The highest BCUT2D eigenvalue weighted by molar-refractivity contribution is 9.10. The molecule has 128 valence electrons. The van der Waals surface area contributed by atoms with Gasteiger partial charge in [0.1, 0.15) is 18.5 Å². The minimum Gasteiger partial charge on any atom is -0.491 e. The number of hydrogen-bond donors (Lipinski definition) is 1. The molecular weight excluding hydrogens is 364 g/mol. The number of rotatable bonds is 6. The SMILES string of the molecule is CCOC(=O)N1CCN(CC(O)COc2cccc(Br)c2)CC1. The van der Waals surface area contributed by atoms with E-state index in [9.17, 15) is 9.90 Å². The lowest BCUT2D eigenvalue weighted by Crippen LogP contribution is -2.51. The van der Waals surface area contributed by atoms with Crippen LogP contribution in [0.2, 0.25) is 0 Å². The Morgan fingerprint density at radius 1 is 1.35 bits per heavy atom. The van der Waals surface area contributed by atoms with Crippen LogP contribution in [0.5, 0.6) is 5.75 Å². The molecule has 1 fully saturated rings. The Labute approximate surface area is 145 Å². The molecule has 1 heterocycles. The monoisotopic (exact) mass is 386 g/mol. The maximum atomic E-state index is 11.6. The first-order chi connectivity index (χ1) is 11.1. The summed E-state index contributed by atoms with van der Waals surface area (Å²) in [6, 6.07) is 7.53. The summed E-state index contributed by atoms with van der Waals surface area (Å²) in [6.07, 6.45) is -0.825. The van der Waals surface area contributed by atoms with E-state index < -0.39 is 6.10 Å². The van der Waals surface area contributed by atoms with Gasteiger partial charge in [0.15, 0.2) is 0 Å². The summed E-state index contributed by atoms with van der Waals surface area (Å²) >= 11 is 3.38. The van der Waals surface area contributed by atoms with Gasteiger partial charge < -0.3 is 19.5 Å². The van der Waals surface area contributed by atoms with Gasteiger partial charge in [-0.2, -0.15) is 0 Å². The van der Waals surface area contributed by atoms with E-state index in [0.29, 0.717) is 26.2 Å². The Balaban J connectivity index is 1.68. The number of piperazine rings is 1. The van der Waals surface area contributed by atoms with Gasteiger partial charge >= 0.3 is 6.09 Å². The number of nitrogens with zero attached hydrogens (tertiary/aromatic N) is 2. The number of ether oxygens (including phenoxy) is 2. The molecule has 1 aliphatic rings. The largest absolute Gasteiger partial charge is 0.491 e. The molecule has 7 heteroatoms. The van der Waals surface area contributed by atoms with Gasteiger partial charge in [-0.25, -0.2) is 4.79 Å². The van der Waals surface area contributed by atoms with Crippen molar-refractivity contribution in [2.45, 2.75) is 13.0 Å². The Hall–Kier alpha value is -1.31. The first kappa shape index (κ1) is 18.0. The zero-order valence-corrected chi connectivity index (χ0v) is 14.9. The third kappa shape index (κ3) is 6.01. The highest BCUT2D eigenvalue weighted by Gasteiger charge is 2.23. The number of carbonyl (C=O) groups excluding carboxylic acids is 1. The second-order valence-electron chi connectivity index (χ2n) is 5.41. The van der Waals surface area contributed by atoms with Crippen molar-refractivity contribution in [1.29, 1.82) is 0 Å². The van der Waals surface area contributed by atoms with E-state index >= 15 is 0 Å². The summed E-state index contributed by atoms with van der Waals surface area (Å²) in [5.41, 5.74) is 0. The standard InChI is InChI=1S/C16H23BrN2O4/c1-2-22-16(21)19-8-6-18(7-9-19)11-14(20)12-23-15-5-3-4-13(17)10-15/h3-5,10,14,20H,2,6-9,11-12H2,1H3. The van der Waals surface area contributed by atoms with Crippen LogP contribution in [-0.2, 0) is 4.74 Å². The first-order valence-corrected chi connectivity index (χ1v) is 8.58. The van der Waals surface area contributed by atoms with Gasteiger partial charge in [-0.05, 0) is 25.1 Å². The van der Waals surface area contributed by atoms with Crippen molar-refractivity contribution in [1.82, 2.24) is 9.80 Å². The van der Waals surface area contributed by atoms with Crippen molar-refractivity contribution < 1.29 is 19.4 Å². The van der Waals surface area contributed by atoms with Gasteiger partial charge in [0, 0.05) is 37.2 Å². The van der Waals surface area contributed by atoms with E-state index in [1.807, 2.05) is 24.3 Å². The Kier molecular flexibility index (Phi) is 7.14. The van der Waals surface area contributed by atoms with Crippen molar-refractivity contribution >= 4 is 22.0 Å². The van der Waals surface area contributed by atoms with Crippen molar-refractivity contribution in [2.75, 3.05) is 45.9 Å². The Bertz CT molecular complexity index is 507. The van der Waals surface area contributed by atoms with Crippen LogP contribution >= 0.6 is 15.9 Å². The highest BCUT2D eigenvalue weighted by atomic mass is 79.9. The van der Waals surface area contributed by atoms with Crippen molar-refractivity contribution in [2.24, 2.45) is 0 Å². The third-order valence-corrected chi connectivity index (χ3v) is 4.10. The van der Waals surface area contributed by atoms with Gasteiger partial charge in [0.2, 0.25) is 0 Å². The van der Waals surface area contributed by atoms with Gasteiger partial charge in [-0.1, -0.05) is 22.0 Å². The molecule has 6 nitrogen and oxygen atoms in total. The number of halogens is 1. The fourth-order valence-electron chi connectivity index (χ4n) is 2.43. The average molecular weight is 387 g/mol. The molecular formula is C16H23BrN2O4. The van der Waals surface area contributed by atoms with Crippen LogP contribution in [0.15, 0.2) is 28.7 Å². The fourth-order valence-corrected chi connectivity index (χ4v) is 2.81. The molecule has 0 spiro atoms. The zero-order chi connectivity index (χ0) is 16.7. The molecule has 23 heavy (non-hydrogen) atoms. The second kappa shape index (κ2) is 9.10.